The first-order valence-corrected chi connectivity index (χ1v) is 5.23. The summed E-state index contributed by atoms with van der Waals surface area (Å²) in [5.74, 6) is 2.36. The van der Waals surface area contributed by atoms with Crippen LogP contribution in [0.3, 0.4) is 0 Å². The van der Waals surface area contributed by atoms with Crippen molar-refractivity contribution in [3.63, 3.8) is 0 Å². The van der Waals surface area contributed by atoms with E-state index in [-0.39, 0.29) is 12.5 Å². The molecular weight excluding hydrogens is 202 g/mol. The van der Waals surface area contributed by atoms with Gasteiger partial charge in [0.15, 0.2) is 0 Å². The number of hydrogen-bond acceptors (Lipinski definition) is 2. The van der Waals surface area contributed by atoms with Crippen LogP contribution in [0.5, 0.6) is 0 Å². The maximum Gasteiger partial charge on any atom is 0.251 e. The molecule has 3 heteroatoms. The number of amides is 1. The summed E-state index contributed by atoms with van der Waals surface area (Å²) in [5, 5.41) is 11.3. The summed E-state index contributed by atoms with van der Waals surface area (Å²) in [4.78, 5) is 11.6. The van der Waals surface area contributed by atoms with Gasteiger partial charge in [-0.05, 0) is 31.0 Å². The normalized spacial score (nSPS) is 9.50. The van der Waals surface area contributed by atoms with Gasteiger partial charge in [0.2, 0.25) is 0 Å². The molecule has 0 fully saturated rings. The molecule has 1 aromatic rings. The number of unbranched alkanes of at least 4 members (excludes halogenated alkanes) is 1. The molecule has 0 radical (unpaired) electrons. The average molecular weight is 217 g/mol. The van der Waals surface area contributed by atoms with E-state index in [9.17, 15) is 4.79 Å². The Morgan fingerprint density at radius 3 is 2.94 bits per heavy atom. The van der Waals surface area contributed by atoms with Crippen molar-refractivity contribution < 1.29 is 9.90 Å². The molecule has 0 saturated heterocycles. The van der Waals surface area contributed by atoms with Crippen LogP contribution in [-0.4, -0.2) is 24.2 Å². The third kappa shape index (κ3) is 3.76. The van der Waals surface area contributed by atoms with Crippen molar-refractivity contribution in [2.24, 2.45) is 0 Å². The summed E-state index contributed by atoms with van der Waals surface area (Å²) in [6, 6.07) is 6.95. The number of aliphatic hydroxyl groups excluding tert-OH is 1. The Labute approximate surface area is 95.5 Å². The lowest BCUT2D eigenvalue weighted by molar-refractivity contribution is 0.0952. The van der Waals surface area contributed by atoms with Crippen molar-refractivity contribution >= 4 is 5.91 Å². The van der Waals surface area contributed by atoms with E-state index < -0.39 is 0 Å². The third-order valence-electron chi connectivity index (χ3n) is 2.16. The van der Waals surface area contributed by atoms with Gasteiger partial charge in [-0.15, -0.1) is 6.42 Å². The molecule has 2 N–H and O–H groups in total. The summed E-state index contributed by atoms with van der Waals surface area (Å²) in [6.45, 7) is 0.724. The predicted molar refractivity (Wildman–Crippen MR) is 63.0 cm³/mol. The van der Waals surface area contributed by atoms with E-state index in [0.29, 0.717) is 24.1 Å². The molecule has 0 heterocycles. The van der Waals surface area contributed by atoms with E-state index in [1.54, 1.807) is 24.3 Å². The van der Waals surface area contributed by atoms with Crippen LogP contribution in [0.2, 0.25) is 0 Å². The van der Waals surface area contributed by atoms with Gasteiger partial charge in [0.05, 0.1) is 0 Å². The molecule has 16 heavy (non-hydrogen) atoms. The van der Waals surface area contributed by atoms with Gasteiger partial charge >= 0.3 is 0 Å². The molecule has 0 aliphatic rings. The van der Waals surface area contributed by atoms with Crippen molar-refractivity contribution in [2.45, 2.75) is 12.8 Å². The predicted octanol–water partition coefficient (Wildman–Crippen LogP) is 1.17. The Bertz CT molecular complexity index is 393. The molecule has 1 aromatic carbocycles. The summed E-state index contributed by atoms with van der Waals surface area (Å²) in [5.41, 5.74) is 1.27. The molecule has 0 atom stereocenters. The molecule has 1 amide bonds. The number of aliphatic hydroxyl groups is 1. The zero-order valence-corrected chi connectivity index (χ0v) is 9.07. The smallest absolute Gasteiger partial charge is 0.251 e. The lowest BCUT2D eigenvalue weighted by atomic mass is 10.1. The number of nitrogens with one attached hydrogen (secondary N) is 1. The molecule has 0 saturated carbocycles. The molecule has 84 valence electrons. The first kappa shape index (κ1) is 12.3. The van der Waals surface area contributed by atoms with E-state index in [2.05, 4.69) is 11.2 Å². The van der Waals surface area contributed by atoms with E-state index in [1.807, 2.05) is 0 Å². The second-order valence-electron chi connectivity index (χ2n) is 3.41. The van der Waals surface area contributed by atoms with Crippen LogP contribution in [0, 0.1) is 12.3 Å². The summed E-state index contributed by atoms with van der Waals surface area (Å²) >= 11 is 0. The molecule has 0 bridgehead atoms. The first-order chi connectivity index (χ1) is 7.77. The Morgan fingerprint density at radius 2 is 2.25 bits per heavy atom. The fourth-order valence-electron chi connectivity index (χ4n) is 1.29. The highest BCUT2D eigenvalue weighted by Crippen LogP contribution is 2.03. The summed E-state index contributed by atoms with van der Waals surface area (Å²) in [7, 11) is 0. The maximum atomic E-state index is 11.6. The van der Waals surface area contributed by atoms with Gasteiger partial charge in [0.25, 0.3) is 5.91 Å². The lowest BCUT2D eigenvalue weighted by Gasteiger charge is -2.04. The maximum absolute atomic E-state index is 11.6. The highest BCUT2D eigenvalue weighted by molar-refractivity contribution is 5.94. The fraction of sp³-hybridized carbons (Fsp3) is 0.308. The molecule has 3 nitrogen and oxygen atoms in total. The van der Waals surface area contributed by atoms with Crippen molar-refractivity contribution in [3.05, 3.63) is 35.4 Å². The molecule has 1 rings (SSSR count). The Morgan fingerprint density at radius 1 is 1.44 bits per heavy atom. The third-order valence-corrected chi connectivity index (χ3v) is 2.16. The van der Waals surface area contributed by atoms with Gasteiger partial charge in [-0.2, -0.15) is 0 Å². The van der Waals surface area contributed by atoms with Crippen molar-refractivity contribution in [3.8, 4) is 12.3 Å². The van der Waals surface area contributed by atoms with Crippen LogP contribution in [0.25, 0.3) is 0 Å². The highest BCUT2D eigenvalue weighted by atomic mass is 16.2. The highest BCUT2D eigenvalue weighted by Gasteiger charge is 2.04. The Hall–Kier alpha value is -1.79. The molecule has 0 aromatic heterocycles. The number of carbonyl (C=O) groups is 1. The molecule has 0 spiro atoms. The molecule has 0 unspecified atom stereocenters. The first-order valence-electron chi connectivity index (χ1n) is 5.23. The van der Waals surface area contributed by atoms with Crippen molar-refractivity contribution in [2.75, 3.05) is 13.2 Å². The lowest BCUT2D eigenvalue weighted by Crippen LogP contribution is -2.24. The SMILES string of the molecule is C#Cc1cccc(C(=O)NCCCCO)c1. The zero-order valence-electron chi connectivity index (χ0n) is 9.07. The van der Waals surface area contributed by atoms with Gasteiger partial charge in [-0.1, -0.05) is 12.0 Å². The summed E-state index contributed by atoms with van der Waals surface area (Å²) in [6.07, 6.45) is 6.72. The number of carbonyl (C=O) groups excluding carboxylic acids is 1. The fourth-order valence-corrected chi connectivity index (χ4v) is 1.29. The van der Waals surface area contributed by atoms with Crippen LogP contribution in [0.15, 0.2) is 24.3 Å². The molecule has 0 aliphatic heterocycles. The summed E-state index contributed by atoms with van der Waals surface area (Å²) < 4.78 is 0. The minimum absolute atomic E-state index is 0.130. The van der Waals surface area contributed by atoms with Crippen LogP contribution in [0.1, 0.15) is 28.8 Å². The number of rotatable bonds is 5. The average Bonchev–Trinajstić information content (AvgIpc) is 2.34. The minimum Gasteiger partial charge on any atom is -0.396 e. The molecule has 0 aliphatic carbocycles. The van der Waals surface area contributed by atoms with Crippen molar-refractivity contribution in [1.29, 1.82) is 0 Å². The standard InChI is InChI=1S/C13H15NO2/c1-2-11-6-5-7-12(10-11)13(16)14-8-3-4-9-15/h1,5-7,10,15H,3-4,8-9H2,(H,14,16). The number of terminal acetylenes is 1. The van der Waals surface area contributed by atoms with Gasteiger partial charge in [0.1, 0.15) is 0 Å². The quantitative estimate of drug-likeness (QED) is 0.574. The van der Waals surface area contributed by atoms with Crippen LogP contribution in [0.4, 0.5) is 0 Å². The van der Waals surface area contributed by atoms with E-state index >= 15 is 0 Å². The van der Waals surface area contributed by atoms with Crippen LogP contribution < -0.4 is 5.32 Å². The Kier molecular flexibility index (Phi) is 5.10. The largest absolute Gasteiger partial charge is 0.396 e. The van der Waals surface area contributed by atoms with Crippen molar-refractivity contribution in [1.82, 2.24) is 5.32 Å². The van der Waals surface area contributed by atoms with Gasteiger partial charge in [-0.3, -0.25) is 4.79 Å². The zero-order chi connectivity index (χ0) is 11.8. The second kappa shape index (κ2) is 6.65. The van der Waals surface area contributed by atoms with E-state index in [1.165, 1.54) is 0 Å². The van der Waals surface area contributed by atoms with Gasteiger partial charge in [0, 0.05) is 24.3 Å². The molecular formula is C13H15NO2. The number of benzene rings is 1. The second-order valence-corrected chi connectivity index (χ2v) is 3.41. The minimum atomic E-state index is -0.130. The van der Waals surface area contributed by atoms with Gasteiger partial charge < -0.3 is 10.4 Å². The number of hydrogen-bond donors (Lipinski definition) is 2. The topological polar surface area (TPSA) is 49.3 Å². The van der Waals surface area contributed by atoms with Crippen LogP contribution >= 0.6 is 0 Å². The van der Waals surface area contributed by atoms with E-state index in [0.717, 1.165) is 6.42 Å². The van der Waals surface area contributed by atoms with Gasteiger partial charge in [-0.25, -0.2) is 0 Å². The Balaban J connectivity index is 2.50. The van der Waals surface area contributed by atoms with E-state index in [4.69, 9.17) is 11.5 Å². The van der Waals surface area contributed by atoms with Crippen LogP contribution in [-0.2, 0) is 0 Å². The monoisotopic (exact) mass is 217 g/mol.